The van der Waals surface area contributed by atoms with Gasteiger partial charge < -0.3 is 0 Å². The number of carbonyl (C=O) groups is 3. The van der Waals surface area contributed by atoms with E-state index in [-0.39, 0.29) is 26.9 Å². The first-order chi connectivity index (χ1) is 11.8. The Morgan fingerprint density at radius 1 is 1.16 bits per heavy atom. The first kappa shape index (κ1) is 18.4. The molecular weight excluding hydrogens is 427 g/mol. The van der Waals surface area contributed by atoms with Crippen LogP contribution in [0, 0.1) is 0 Å². The highest BCUT2D eigenvalue weighted by Gasteiger charge is 2.36. The molecule has 0 saturated carbocycles. The highest BCUT2D eigenvalue weighted by molar-refractivity contribution is 8.18. The Balaban J connectivity index is 1.78. The van der Waals surface area contributed by atoms with E-state index in [0.717, 1.165) is 28.0 Å². The lowest BCUT2D eigenvalue weighted by atomic mass is 10.1. The van der Waals surface area contributed by atoms with Gasteiger partial charge in [0.05, 0.1) is 16.3 Å². The maximum absolute atomic E-state index is 12.4. The van der Waals surface area contributed by atoms with Crippen molar-refractivity contribution in [2.75, 3.05) is 6.54 Å². The molecule has 2 heterocycles. The fraction of sp³-hybridized carbons (Fsp3) is 0.0667. The van der Waals surface area contributed by atoms with Crippen molar-refractivity contribution in [1.82, 2.24) is 9.88 Å². The van der Waals surface area contributed by atoms with Crippen LogP contribution in [-0.4, -0.2) is 33.4 Å². The number of carbonyl (C=O) groups excluding carboxylic acids is 3. The number of ketones is 1. The predicted molar refractivity (Wildman–Crippen MR) is 101 cm³/mol. The average molecular weight is 434 g/mol. The summed E-state index contributed by atoms with van der Waals surface area (Å²) < 4.78 is 0.230. The van der Waals surface area contributed by atoms with Crippen molar-refractivity contribution in [2.45, 2.75) is 0 Å². The van der Waals surface area contributed by atoms with Gasteiger partial charge in [-0.2, -0.15) is 0 Å². The van der Waals surface area contributed by atoms with Crippen LogP contribution in [0.2, 0.25) is 14.6 Å². The largest absolute Gasteiger partial charge is 0.293 e. The summed E-state index contributed by atoms with van der Waals surface area (Å²) in [5.41, 5.74) is 0.365. The van der Waals surface area contributed by atoms with Crippen molar-refractivity contribution < 1.29 is 14.4 Å². The van der Waals surface area contributed by atoms with E-state index in [0.29, 0.717) is 15.5 Å². The van der Waals surface area contributed by atoms with Crippen LogP contribution in [0.1, 0.15) is 15.2 Å². The Hall–Kier alpha value is -1.38. The zero-order chi connectivity index (χ0) is 18.1. The summed E-state index contributed by atoms with van der Waals surface area (Å²) in [7, 11) is 0. The van der Waals surface area contributed by atoms with Gasteiger partial charge in [-0.3, -0.25) is 19.3 Å². The number of aromatic nitrogens is 1. The van der Waals surface area contributed by atoms with E-state index in [9.17, 15) is 14.4 Å². The lowest BCUT2D eigenvalue weighted by Gasteiger charge is -2.11. The normalized spacial score (nSPS) is 16.1. The maximum Gasteiger partial charge on any atom is 0.293 e. The van der Waals surface area contributed by atoms with E-state index < -0.39 is 11.1 Å². The van der Waals surface area contributed by atoms with Crippen LogP contribution >= 0.6 is 57.9 Å². The van der Waals surface area contributed by atoms with Crippen LogP contribution in [-0.2, 0) is 4.79 Å². The minimum atomic E-state index is -0.557. The average Bonchev–Trinajstić information content (AvgIpc) is 3.01. The molecule has 0 atom stereocenters. The maximum atomic E-state index is 12.4. The van der Waals surface area contributed by atoms with Gasteiger partial charge in [0.1, 0.15) is 5.15 Å². The molecule has 2 aromatic rings. The van der Waals surface area contributed by atoms with E-state index in [4.69, 9.17) is 34.8 Å². The number of hydrogen-bond acceptors (Lipinski definition) is 6. The SMILES string of the molecule is O=C(CN1C(=O)S/C(=C/c2sc(Cl)nc2Cl)C1=O)c1ccc(Cl)cc1. The fourth-order valence-corrected chi connectivity index (χ4v) is 4.33. The number of Topliss-reactive ketones (excluding diaryl/α,β-unsaturated/α-hetero) is 1. The van der Waals surface area contributed by atoms with Gasteiger partial charge in [0.2, 0.25) is 0 Å². The first-order valence-electron chi connectivity index (χ1n) is 6.71. The van der Waals surface area contributed by atoms with E-state index in [1.165, 1.54) is 6.08 Å². The highest BCUT2D eigenvalue weighted by Crippen LogP contribution is 2.36. The van der Waals surface area contributed by atoms with Crippen LogP contribution in [0.4, 0.5) is 4.79 Å². The predicted octanol–water partition coefficient (Wildman–Crippen LogP) is 5.02. The molecule has 0 bridgehead atoms. The van der Waals surface area contributed by atoms with Crippen molar-refractivity contribution in [3.63, 3.8) is 0 Å². The Kier molecular flexibility index (Phi) is 5.50. The molecule has 0 N–H and O–H groups in total. The number of rotatable bonds is 4. The van der Waals surface area contributed by atoms with Crippen molar-refractivity contribution in [2.24, 2.45) is 0 Å². The number of hydrogen-bond donors (Lipinski definition) is 0. The van der Waals surface area contributed by atoms with Gasteiger partial charge in [-0.25, -0.2) is 4.98 Å². The third-order valence-electron chi connectivity index (χ3n) is 3.19. The van der Waals surface area contributed by atoms with Crippen LogP contribution < -0.4 is 0 Å². The van der Waals surface area contributed by atoms with Gasteiger partial charge in [0.25, 0.3) is 11.1 Å². The van der Waals surface area contributed by atoms with Crippen LogP contribution in [0.3, 0.4) is 0 Å². The molecule has 10 heteroatoms. The number of imide groups is 1. The van der Waals surface area contributed by atoms with Gasteiger partial charge in [-0.05, 0) is 42.1 Å². The van der Waals surface area contributed by atoms with Crippen molar-refractivity contribution >= 4 is 80.9 Å². The summed E-state index contributed by atoms with van der Waals surface area (Å²) in [4.78, 5) is 42.1. The second kappa shape index (κ2) is 7.47. The van der Waals surface area contributed by atoms with Crippen LogP contribution in [0.15, 0.2) is 29.2 Å². The van der Waals surface area contributed by atoms with Crippen molar-refractivity contribution in [3.8, 4) is 0 Å². The standard InChI is InChI=1S/C15H7Cl3N2O3S2/c16-8-3-1-7(2-4-8)9(21)6-20-13(22)11(25-15(20)23)5-10-12(17)19-14(18)24-10/h1-5H,6H2/b11-5+. The molecule has 3 rings (SSSR count). The summed E-state index contributed by atoms with van der Waals surface area (Å²) in [6.07, 6.45) is 1.45. The second-order valence-corrected chi connectivity index (χ2v) is 8.22. The number of thioether (sulfide) groups is 1. The molecule has 0 spiro atoms. The number of amides is 2. The minimum absolute atomic E-state index is 0.152. The molecule has 25 heavy (non-hydrogen) atoms. The van der Waals surface area contributed by atoms with Crippen molar-refractivity contribution in [3.05, 3.63) is 54.3 Å². The summed E-state index contributed by atoms with van der Waals surface area (Å²) in [5, 5.41) is 0.120. The molecule has 5 nitrogen and oxygen atoms in total. The number of nitrogens with zero attached hydrogens (tertiary/aromatic N) is 2. The molecule has 0 aliphatic carbocycles. The lowest BCUT2D eigenvalue weighted by Crippen LogP contribution is -2.33. The smallest absolute Gasteiger partial charge is 0.292 e. The zero-order valence-electron chi connectivity index (χ0n) is 12.2. The second-order valence-electron chi connectivity index (χ2n) is 4.82. The lowest BCUT2D eigenvalue weighted by molar-refractivity contribution is -0.122. The molecule has 1 aliphatic heterocycles. The van der Waals surface area contributed by atoms with Gasteiger partial charge in [-0.1, -0.05) is 34.8 Å². The first-order valence-corrected chi connectivity index (χ1v) is 9.48. The van der Waals surface area contributed by atoms with Gasteiger partial charge in [0, 0.05) is 10.6 Å². The molecule has 0 radical (unpaired) electrons. The molecule has 1 fully saturated rings. The Bertz CT molecular complexity index is 909. The van der Waals surface area contributed by atoms with Crippen LogP contribution in [0.5, 0.6) is 0 Å². The summed E-state index contributed by atoms with van der Waals surface area (Å²) in [6, 6.07) is 6.22. The molecular formula is C15H7Cl3N2O3S2. The molecule has 1 saturated heterocycles. The third kappa shape index (κ3) is 4.07. The topological polar surface area (TPSA) is 67.3 Å². The molecule has 1 aliphatic rings. The minimum Gasteiger partial charge on any atom is -0.292 e. The quantitative estimate of drug-likeness (QED) is 0.500. The van der Waals surface area contributed by atoms with Gasteiger partial charge >= 0.3 is 0 Å². The Morgan fingerprint density at radius 3 is 2.44 bits per heavy atom. The van der Waals surface area contributed by atoms with Crippen molar-refractivity contribution in [1.29, 1.82) is 0 Å². The summed E-state index contributed by atoms with van der Waals surface area (Å²) in [5.74, 6) is -0.919. The molecule has 1 aromatic carbocycles. The number of benzene rings is 1. The van der Waals surface area contributed by atoms with E-state index in [2.05, 4.69) is 4.98 Å². The fourth-order valence-electron chi connectivity index (χ4n) is 2.00. The van der Waals surface area contributed by atoms with Gasteiger partial charge in [0.15, 0.2) is 10.3 Å². The van der Waals surface area contributed by atoms with E-state index >= 15 is 0 Å². The van der Waals surface area contributed by atoms with E-state index in [1.807, 2.05) is 0 Å². The Morgan fingerprint density at radius 2 is 1.84 bits per heavy atom. The molecule has 128 valence electrons. The molecule has 0 unspecified atom stereocenters. The third-order valence-corrected chi connectivity index (χ3v) is 5.85. The number of halogens is 3. The summed E-state index contributed by atoms with van der Waals surface area (Å²) >= 11 is 19.3. The van der Waals surface area contributed by atoms with Gasteiger partial charge in [-0.15, -0.1) is 11.3 Å². The zero-order valence-corrected chi connectivity index (χ0v) is 16.1. The summed E-state index contributed by atoms with van der Waals surface area (Å²) in [6.45, 7) is -0.346. The molecule has 2 amide bonds. The van der Waals surface area contributed by atoms with Crippen LogP contribution in [0.25, 0.3) is 6.08 Å². The number of thiazole rings is 1. The van der Waals surface area contributed by atoms with E-state index in [1.54, 1.807) is 24.3 Å². The Labute approximate surface area is 165 Å². The molecule has 1 aromatic heterocycles. The monoisotopic (exact) mass is 432 g/mol. The highest BCUT2D eigenvalue weighted by atomic mass is 35.5.